The number of nitrogens with zero attached hydrogens (tertiary/aromatic N) is 1. The number of rotatable bonds is 8. The van der Waals surface area contributed by atoms with Gasteiger partial charge in [0.05, 0.1) is 0 Å². The van der Waals surface area contributed by atoms with E-state index in [0.29, 0.717) is 11.3 Å². The zero-order chi connectivity index (χ0) is 21.3. The molecule has 0 aliphatic carbocycles. The molecule has 1 aliphatic heterocycles. The number of hydrogen-bond acceptors (Lipinski definition) is 5. The van der Waals surface area contributed by atoms with E-state index in [4.69, 9.17) is 4.74 Å². The van der Waals surface area contributed by atoms with E-state index >= 15 is 0 Å². The van der Waals surface area contributed by atoms with Crippen molar-refractivity contribution in [1.82, 2.24) is 0 Å². The molecule has 2 aromatic carbocycles. The highest BCUT2D eigenvalue weighted by Gasteiger charge is 2.12. The van der Waals surface area contributed by atoms with E-state index in [1.54, 1.807) is 0 Å². The molecule has 1 aliphatic rings. The Hall–Kier alpha value is -3.42. The number of anilines is 2. The van der Waals surface area contributed by atoms with E-state index in [1.807, 2.05) is 24.3 Å². The van der Waals surface area contributed by atoms with Gasteiger partial charge >= 0.3 is 12.6 Å². The number of nitrogens with one attached hydrogen (secondary N) is 1. The van der Waals surface area contributed by atoms with Crippen LogP contribution in [0.4, 0.5) is 20.2 Å². The van der Waals surface area contributed by atoms with Gasteiger partial charge in [-0.05, 0) is 60.9 Å². The van der Waals surface area contributed by atoms with Crippen LogP contribution in [0.2, 0.25) is 0 Å². The van der Waals surface area contributed by atoms with E-state index < -0.39 is 25.1 Å². The van der Waals surface area contributed by atoms with Crippen LogP contribution < -0.4 is 15.0 Å². The topological polar surface area (TPSA) is 67.9 Å². The molecule has 0 saturated carbocycles. The van der Waals surface area contributed by atoms with Gasteiger partial charge in [0, 0.05) is 30.5 Å². The maximum atomic E-state index is 12.1. The quantitative estimate of drug-likeness (QED) is 0.519. The first-order valence-electron chi connectivity index (χ1n) is 9.54. The summed E-state index contributed by atoms with van der Waals surface area (Å²) in [5, 5.41) is 2.68. The average molecular weight is 416 g/mol. The summed E-state index contributed by atoms with van der Waals surface area (Å²) < 4.78 is 33.4. The summed E-state index contributed by atoms with van der Waals surface area (Å²) in [7, 11) is 0. The summed E-state index contributed by atoms with van der Waals surface area (Å²) in [6.45, 7) is -1.22. The van der Waals surface area contributed by atoms with Crippen LogP contribution in [0.5, 0.6) is 5.75 Å². The maximum Gasteiger partial charge on any atom is 0.387 e. The van der Waals surface area contributed by atoms with Crippen LogP contribution in [-0.4, -0.2) is 38.2 Å². The fourth-order valence-electron chi connectivity index (χ4n) is 3.04. The first-order chi connectivity index (χ1) is 14.5. The van der Waals surface area contributed by atoms with Crippen molar-refractivity contribution in [2.75, 3.05) is 29.9 Å². The van der Waals surface area contributed by atoms with Gasteiger partial charge in [0.2, 0.25) is 0 Å². The molecule has 3 rings (SSSR count). The van der Waals surface area contributed by atoms with Gasteiger partial charge < -0.3 is 19.7 Å². The Morgan fingerprint density at radius 2 is 1.70 bits per heavy atom. The van der Waals surface area contributed by atoms with Gasteiger partial charge in [-0.15, -0.1) is 0 Å². The van der Waals surface area contributed by atoms with Crippen LogP contribution in [0.25, 0.3) is 6.08 Å². The molecule has 1 amide bonds. The van der Waals surface area contributed by atoms with Crippen molar-refractivity contribution in [2.24, 2.45) is 0 Å². The van der Waals surface area contributed by atoms with Gasteiger partial charge in [-0.1, -0.05) is 12.1 Å². The van der Waals surface area contributed by atoms with E-state index in [0.717, 1.165) is 24.9 Å². The van der Waals surface area contributed by atoms with Crippen LogP contribution >= 0.6 is 0 Å². The lowest BCUT2D eigenvalue weighted by Crippen LogP contribution is -2.20. The third-order valence-electron chi connectivity index (χ3n) is 4.48. The second-order valence-corrected chi connectivity index (χ2v) is 6.68. The summed E-state index contributed by atoms with van der Waals surface area (Å²) in [6.07, 6.45) is 4.98. The van der Waals surface area contributed by atoms with E-state index in [2.05, 4.69) is 15.0 Å². The molecule has 0 spiro atoms. The summed E-state index contributed by atoms with van der Waals surface area (Å²) in [6, 6.07) is 13.3. The fourth-order valence-corrected chi connectivity index (χ4v) is 3.04. The van der Waals surface area contributed by atoms with Crippen molar-refractivity contribution >= 4 is 29.3 Å². The third-order valence-corrected chi connectivity index (χ3v) is 4.48. The third kappa shape index (κ3) is 6.58. The Bertz CT molecular complexity index is 877. The number of benzene rings is 2. The lowest BCUT2D eigenvalue weighted by molar-refractivity contribution is -0.142. The van der Waals surface area contributed by atoms with Crippen LogP contribution in [-0.2, 0) is 14.3 Å². The van der Waals surface area contributed by atoms with Crippen molar-refractivity contribution in [3.05, 3.63) is 60.2 Å². The number of hydrogen-bond donors (Lipinski definition) is 1. The fraction of sp³-hybridized carbons (Fsp3) is 0.273. The number of carbonyl (C=O) groups excluding carboxylic acids is 2. The van der Waals surface area contributed by atoms with Gasteiger partial charge in [-0.2, -0.15) is 8.78 Å². The van der Waals surface area contributed by atoms with Crippen molar-refractivity contribution in [3.8, 4) is 5.75 Å². The minimum absolute atomic E-state index is 0.0230. The lowest BCUT2D eigenvalue weighted by atomic mass is 10.2. The highest BCUT2D eigenvalue weighted by molar-refractivity contribution is 5.94. The Morgan fingerprint density at radius 1 is 1.03 bits per heavy atom. The van der Waals surface area contributed by atoms with Crippen molar-refractivity contribution < 1.29 is 27.8 Å². The molecular weight excluding hydrogens is 394 g/mol. The molecule has 1 N–H and O–H groups in total. The SMILES string of the molecule is O=C(COC(=O)/C=C/c1ccc(OC(F)F)cc1)Nc1ccc(N2CCCC2)cc1. The highest BCUT2D eigenvalue weighted by atomic mass is 19.3. The minimum Gasteiger partial charge on any atom is -0.452 e. The number of alkyl halides is 2. The molecule has 0 aromatic heterocycles. The van der Waals surface area contributed by atoms with Gasteiger partial charge in [-0.25, -0.2) is 4.79 Å². The molecule has 1 heterocycles. The minimum atomic E-state index is -2.89. The second kappa shape index (κ2) is 10.4. The largest absolute Gasteiger partial charge is 0.452 e. The summed E-state index contributed by atoms with van der Waals surface area (Å²) in [4.78, 5) is 26.0. The normalized spacial score (nSPS) is 13.6. The monoisotopic (exact) mass is 416 g/mol. The molecule has 0 bridgehead atoms. The predicted molar refractivity (Wildman–Crippen MR) is 110 cm³/mol. The average Bonchev–Trinajstić information content (AvgIpc) is 3.27. The molecule has 0 radical (unpaired) electrons. The summed E-state index contributed by atoms with van der Waals surface area (Å²) >= 11 is 0. The Kier molecular flexibility index (Phi) is 7.37. The van der Waals surface area contributed by atoms with Crippen molar-refractivity contribution in [2.45, 2.75) is 19.5 Å². The first kappa shape index (κ1) is 21.3. The Balaban J connectivity index is 1.41. The van der Waals surface area contributed by atoms with Crippen molar-refractivity contribution in [1.29, 1.82) is 0 Å². The molecule has 158 valence electrons. The van der Waals surface area contributed by atoms with Gasteiger partial charge in [-0.3, -0.25) is 4.79 Å². The molecule has 1 saturated heterocycles. The Morgan fingerprint density at radius 3 is 2.33 bits per heavy atom. The summed E-state index contributed by atoms with van der Waals surface area (Å²) in [5.74, 6) is -1.11. The second-order valence-electron chi connectivity index (χ2n) is 6.68. The van der Waals surface area contributed by atoms with E-state index in [-0.39, 0.29) is 5.75 Å². The van der Waals surface area contributed by atoms with Crippen LogP contribution in [0.3, 0.4) is 0 Å². The smallest absolute Gasteiger partial charge is 0.387 e. The zero-order valence-corrected chi connectivity index (χ0v) is 16.2. The molecule has 0 unspecified atom stereocenters. The number of amides is 1. The summed E-state index contributed by atoms with van der Waals surface area (Å²) in [5.41, 5.74) is 2.34. The van der Waals surface area contributed by atoms with Crippen molar-refractivity contribution in [3.63, 3.8) is 0 Å². The number of carbonyl (C=O) groups is 2. The molecule has 8 heteroatoms. The van der Waals surface area contributed by atoms with Crippen LogP contribution in [0, 0.1) is 0 Å². The highest BCUT2D eigenvalue weighted by Crippen LogP contribution is 2.22. The maximum absolute atomic E-state index is 12.1. The molecular formula is C22H22F2N2O4. The number of ether oxygens (including phenoxy) is 2. The number of esters is 1. The van der Waals surface area contributed by atoms with Gasteiger partial charge in [0.25, 0.3) is 5.91 Å². The predicted octanol–water partition coefficient (Wildman–Crippen LogP) is 4.08. The molecule has 6 nitrogen and oxygen atoms in total. The van der Waals surface area contributed by atoms with Gasteiger partial charge in [0.1, 0.15) is 5.75 Å². The van der Waals surface area contributed by atoms with E-state index in [1.165, 1.54) is 43.2 Å². The molecule has 2 aromatic rings. The van der Waals surface area contributed by atoms with Gasteiger partial charge in [0.15, 0.2) is 6.61 Å². The van der Waals surface area contributed by atoms with Crippen LogP contribution in [0.15, 0.2) is 54.6 Å². The molecule has 0 atom stereocenters. The molecule has 30 heavy (non-hydrogen) atoms. The first-order valence-corrected chi connectivity index (χ1v) is 9.54. The zero-order valence-electron chi connectivity index (χ0n) is 16.2. The number of halogens is 2. The lowest BCUT2D eigenvalue weighted by Gasteiger charge is -2.17. The van der Waals surface area contributed by atoms with E-state index in [9.17, 15) is 18.4 Å². The Labute approximate surface area is 173 Å². The van der Waals surface area contributed by atoms with Crippen LogP contribution in [0.1, 0.15) is 18.4 Å². The molecule has 1 fully saturated rings. The standard InChI is InChI=1S/C22H22F2N2O4/c23-22(24)30-19-10-3-16(4-11-19)5-12-21(28)29-15-20(27)25-17-6-8-18(9-7-17)26-13-1-2-14-26/h3-12,22H,1-2,13-15H2,(H,25,27)/b12-5+.